The van der Waals surface area contributed by atoms with Gasteiger partial charge in [-0.2, -0.15) is 10.0 Å². The number of amides is 2. The van der Waals surface area contributed by atoms with Gasteiger partial charge in [0.15, 0.2) is 0 Å². The number of carbonyl (C=O) groups is 2. The van der Waals surface area contributed by atoms with Crippen molar-refractivity contribution in [3.8, 4) is 0 Å². The van der Waals surface area contributed by atoms with Crippen molar-refractivity contribution in [2.75, 3.05) is 24.8 Å². The van der Waals surface area contributed by atoms with Gasteiger partial charge in [-0.15, -0.1) is 33.0 Å². The summed E-state index contributed by atoms with van der Waals surface area (Å²) in [6.45, 7) is 0.141. The molecule has 2 amide bonds. The van der Waals surface area contributed by atoms with Gasteiger partial charge in [0.1, 0.15) is 0 Å². The molecule has 1 saturated carbocycles. The lowest BCUT2D eigenvalue weighted by molar-refractivity contribution is -0.141. The van der Waals surface area contributed by atoms with E-state index in [2.05, 4.69) is 10.6 Å². The van der Waals surface area contributed by atoms with Crippen molar-refractivity contribution >= 4 is 35.0 Å². The van der Waals surface area contributed by atoms with Crippen LogP contribution in [0.15, 0.2) is 10.6 Å². The van der Waals surface area contributed by atoms with Crippen molar-refractivity contribution < 1.29 is 9.59 Å². The quantitative estimate of drug-likeness (QED) is 0.380. The third-order valence-electron chi connectivity index (χ3n) is 3.72. The molecule has 124 valence electrons. The third kappa shape index (κ3) is 4.88. The molecule has 1 aliphatic carbocycles. The van der Waals surface area contributed by atoms with E-state index in [1.54, 1.807) is 0 Å². The molecule has 0 aromatic carbocycles. The summed E-state index contributed by atoms with van der Waals surface area (Å²) in [5.74, 6) is -1.18. The second-order valence-electron chi connectivity index (χ2n) is 5.01. The van der Waals surface area contributed by atoms with Gasteiger partial charge < -0.3 is 0 Å². The van der Waals surface area contributed by atoms with Gasteiger partial charge in [-0.3, -0.25) is 9.59 Å². The van der Waals surface area contributed by atoms with E-state index in [1.807, 2.05) is 0 Å². The van der Waals surface area contributed by atoms with Crippen LogP contribution in [0.5, 0.6) is 0 Å². The summed E-state index contributed by atoms with van der Waals surface area (Å²) in [5, 5.41) is 7.00. The highest BCUT2D eigenvalue weighted by Gasteiger charge is 2.34. The predicted octanol–water partition coefficient (Wildman–Crippen LogP) is 2.29. The molecule has 1 rings (SSSR count). The Morgan fingerprint density at radius 3 is 1.36 bits per heavy atom. The van der Waals surface area contributed by atoms with Crippen LogP contribution in [0, 0.1) is 21.6 Å². The van der Waals surface area contributed by atoms with Gasteiger partial charge in [-0.25, -0.2) is 0 Å². The summed E-state index contributed by atoms with van der Waals surface area (Å²) in [7, 11) is 0. The highest BCUT2D eigenvalue weighted by atomic mass is 35.5. The topological polar surface area (TPSA) is 99.5 Å². The highest BCUT2D eigenvalue weighted by Crippen LogP contribution is 2.31. The van der Waals surface area contributed by atoms with Crippen LogP contribution < -0.4 is 0 Å². The number of halogens is 2. The first-order chi connectivity index (χ1) is 10.6. The summed E-state index contributed by atoms with van der Waals surface area (Å²) >= 11 is 11.0. The lowest BCUT2D eigenvalue weighted by atomic mass is 9.81. The van der Waals surface area contributed by atoms with E-state index in [1.165, 1.54) is 0 Å². The van der Waals surface area contributed by atoms with Gasteiger partial charge in [0, 0.05) is 23.6 Å². The molecule has 22 heavy (non-hydrogen) atoms. The van der Waals surface area contributed by atoms with Crippen molar-refractivity contribution in [2.45, 2.75) is 25.7 Å². The van der Waals surface area contributed by atoms with E-state index in [4.69, 9.17) is 23.2 Å². The van der Waals surface area contributed by atoms with Crippen molar-refractivity contribution in [3.05, 3.63) is 9.81 Å². The summed E-state index contributed by atoms with van der Waals surface area (Å²) in [5.41, 5.74) is 0. The van der Waals surface area contributed by atoms with Crippen LogP contribution in [0.25, 0.3) is 0 Å². The van der Waals surface area contributed by atoms with Crippen LogP contribution >= 0.6 is 23.2 Å². The summed E-state index contributed by atoms with van der Waals surface area (Å²) in [6, 6.07) is 0. The first kappa shape index (κ1) is 18.8. The fourth-order valence-electron chi connectivity index (χ4n) is 2.55. The minimum Gasteiger partial charge on any atom is -0.273 e. The van der Waals surface area contributed by atoms with E-state index in [0.29, 0.717) is 25.7 Å². The maximum Gasteiger partial charge on any atom is 0.248 e. The molecule has 0 spiro atoms. The van der Waals surface area contributed by atoms with Gasteiger partial charge in [0.25, 0.3) is 0 Å². The zero-order valence-corrected chi connectivity index (χ0v) is 13.5. The molecule has 10 heteroatoms. The van der Waals surface area contributed by atoms with Crippen molar-refractivity contribution in [3.63, 3.8) is 0 Å². The van der Waals surface area contributed by atoms with Gasteiger partial charge in [-0.05, 0) is 25.7 Å². The minimum atomic E-state index is -0.368. The third-order valence-corrected chi connectivity index (χ3v) is 4.06. The smallest absolute Gasteiger partial charge is 0.248 e. The molecule has 0 unspecified atom stereocenters. The highest BCUT2D eigenvalue weighted by molar-refractivity contribution is 6.18. The molecular formula is C12H18Cl2N4O4. The van der Waals surface area contributed by atoms with E-state index >= 15 is 0 Å². The first-order valence-electron chi connectivity index (χ1n) is 7.00. The summed E-state index contributed by atoms with van der Waals surface area (Å²) in [4.78, 5) is 45.4. The van der Waals surface area contributed by atoms with Crippen LogP contribution in [0.1, 0.15) is 25.7 Å². The normalized spacial score (nSPS) is 21.0. The minimum absolute atomic E-state index is 0.0707. The standard InChI is InChI=1S/C12H18Cl2N4O4/c13-5-7-17(15-21)11(19)9-1-2-10(4-3-9)12(20)18(16-22)8-6-14/h9-10H,1-8H2. The Balaban J connectivity index is 2.55. The average Bonchev–Trinajstić information content (AvgIpc) is 2.56. The number of alkyl halides is 2. The number of carbonyl (C=O) groups excluding carboxylic acids is 2. The molecule has 0 aromatic rings. The van der Waals surface area contributed by atoms with Crippen LogP contribution in [-0.4, -0.2) is 46.7 Å². The number of hydrogen-bond donors (Lipinski definition) is 0. The number of hydrogen-bond acceptors (Lipinski definition) is 6. The maximum absolute atomic E-state index is 12.1. The molecule has 0 aromatic heterocycles. The van der Waals surface area contributed by atoms with E-state index < -0.39 is 0 Å². The Morgan fingerprint density at radius 1 is 0.818 bits per heavy atom. The van der Waals surface area contributed by atoms with Crippen LogP contribution in [0.4, 0.5) is 0 Å². The molecule has 8 nitrogen and oxygen atoms in total. The first-order valence-corrected chi connectivity index (χ1v) is 8.07. The Bertz CT molecular complexity index is 378. The lowest BCUT2D eigenvalue weighted by Crippen LogP contribution is -2.39. The SMILES string of the molecule is O=NN(CCCl)C(=O)C1CCC(C(=O)N(CCCl)N=O)CC1. The molecule has 1 aliphatic rings. The van der Waals surface area contributed by atoms with Gasteiger partial charge in [0.2, 0.25) is 11.8 Å². The van der Waals surface area contributed by atoms with E-state index in [9.17, 15) is 19.4 Å². The van der Waals surface area contributed by atoms with Gasteiger partial charge >= 0.3 is 0 Å². The molecule has 0 saturated heterocycles. The lowest BCUT2D eigenvalue weighted by Gasteiger charge is -2.29. The fourth-order valence-corrected chi connectivity index (χ4v) is 2.87. The second-order valence-corrected chi connectivity index (χ2v) is 5.77. The molecule has 0 radical (unpaired) electrons. The molecule has 1 fully saturated rings. The molecule has 0 N–H and O–H groups in total. The van der Waals surface area contributed by atoms with Crippen LogP contribution in [0.2, 0.25) is 0 Å². The van der Waals surface area contributed by atoms with Gasteiger partial charge in [0.05, 0.1) is 23.7 Å². The zero-order chi connectivity index (χ0) is 16.5. The monoisotopic (exact) mass is 352 g/mol. The molecular weight excluding hydrogens is 335 g/mol. The maximum atomic E-state index is 12.1. The van der Waals surface area contributed by atoms with Crippen molar-refractivity contribution in [2.24, 2.45) is 22.4 Å². The van der Waals surface area contributed by atoms with E-state index in [-0.39, 0.29) is 48.5 Å². The van der Waals surface area contributed by atoms with Crippen molar-refractivity contribution in [1.82, 2.24) is 10.0 Å². The Labute approximate surface area is 138 Å². The van der Waals surface area contributed by atoms with Crippen LogP contribution in [0.3, 0.4) is 0 Å². The van der Waals surface area contributed by atoms with Gasteiger partial charge in [-0.1, -0.05) is 0 Å². The second kappa shape index (κ2) is 9.68. The predicted molar refractivity (Wildman–Crippen MR) is 81.9 cm³/mol. The number of nitroso groups, excluding NO2 is 2. The molecule has 0 atom stereocenters. The van der Waals surface area contributed by atoms with Crippen molar-refractivity contribution in [1.29, 1.82) is 0 Å². The molecule has 0 bridgehead atoms. The number of rotatable bonds is 8. The molecule has 0 aliphatic heterocycles. The Morgan fingerprint density at radius 2 is 1.14 bits per heavy atom. The largest absolute Gasteiger partial charge is 0.273 e. The fraction of sp³-hybridized carbons (Fsp3) is 0.833. The average molecular weight is 353 g/mol. The zero-order valence-electron chi connectivity index (χ0n) is 12.0. The summed E-state index contributed by atoms with van der Waals surface area (Å²) < 4.78 is 0. The Hall–Kier alpha value is -1.28. The molecule has 0 heterocycles. The van der Waals surface area contributed by atoms with E-state index in [0.717, 1.165) is 10.0 Å². The summed E-state index contributed by atoms with van der Waals surface area (Å²) in [6.07, 6.45) is 1.82. The van der Waals surface area contributed by atoms with Crippen LogP contribution in [-0.2, 0) is 9.59 Å². The number of nitrogens with zero attached hydrogens (tertiary/aromatic N) is 4. The Kier molecular flexibility index (Phi) is 8.26.